The second-order valence-corrected chi connectivity index (χ2v) is 8.02. The van der Waals surface area contributed by atoms with Crippen molar-refractivity contribution in [3.63, 3.8) is 0 Å². The van der Waals surface area contributed by atoms with Crippen LogP contribution >= 0.6 is 0 Å². The Morgan fingerprint density at radius 3 is 2.58 bits per heavy atom. The Morgan fingerprint density at radius 1 is 1.27 bits per heavy atom. The Balaban J connectivity index is 1.84. The second-order valence-electron chi connectivity index (χ2n) is 8.02. The van der Waals surface area contributed by atoms with Crippen LogP contribution in [0, 0.1) is 12.7 Å². The fourth-order valence-electron chi connectivity index (χ4n) is 4.32. The number of nitrogens with one attached hydrogen (secondary N) is 1. The number of halogens is 1. The van der Waals surface area contributed by atoms with Gasteiger partial charge < -0.3 is 24.8 Å². The average molecular weight is 462 g/mol. The maximum Gasteiger partial charge on any atom is 0.333 e. The number of hydrogen-bond acceptors (Lipinski definition) is 8. The lowest BCUT2D eigenvalue weighted by atomic mass is 9.95. The third-order valence-electron chi connectivity index (χ3n) is 6.23. The number of likely N-dealkylation sites (N-methyl/N-ethyl adjacent to an activating group) is 1. The van der Waals surface area contributed by atoms with Crippen LogP contribution in [-0.4, -0.2) is 61.3 Å². The summed E-state index contributed by atoms with van der Waals surface area (Å²) in [5.41, 5.74) is -1.21. The summed E-state index contributed by atoms with van der Waals surface area (Å²) in [6, 6.07) is 0. The standard InChI is InChI=1S/C21H23FN4O7/c1-9-10(17-18(24(9)3)14(29)4-12(23-2)19(17)30)6-26-20(31)11(22)7-25(21(26)32)16-5-13(28)15(8-27)33-16/h4,7,13,15-16,23,27-28H,5-6,8H2,1-3H3/t13-,15+,16+/m0/s1. The highest BCUT2D eigenvalue weighted by Gasteiger charge is 2.37. The van der Waals surface area contributed by atoms with E-state index in [9.17, 15) is 33.8 Å². The maximum atomic E-state index is 14.5. The fraction of sp³-hybridized carbons (Fsp3) is 0.429. The predicted molar refractivity (Wildman–Crippen MR) is 112 cm³/mol. The highest BCUT2D eigenvalue weighted by Crippen LogP contribution is 2.29. The summed E-state index contributed by atoms with van der Waals surface area (Å²) in [4.78, 5) is 51.3. The minimum atomic E-state index is -1.24. The van der Waals surface area contributed by atoms with E-state index in [1.54, 1.807) is 14.0 Å². The zero-order valence-corrected chi connectivity index (χ0v) is 18.2. The van der Waals surface area contributed by atoms with E-state index in [4.69, 9.17) is 4.74 Å². The maximum absolute atomic E-state index is 14.5. The number of rotatable bonds is 5. The van der Waals surface area contributed by atoms with Crippen molar-refractivity contribution in [3.05, 3.63) is 67.1 Å². The molecule has 3 atom stereocenters. The van der Waals surface area contributed by atoms with Gasteiger partial charge in [-0.15, -0.1) is 0 Å². The molecule has 1 saturated heterocycles. The Kier molecular flexibility index (Phi) is 5.68. The van der Waals surface area contributed by atoms with Gasteiger partial charge in [0.1, 0.15) is 18.0 Å². The molecule has 176 valence electrons. The summed E-state index contributed by atoms with van der Waals surface area (Å²) < 4.78 is 22.9. The van der Waals surface area contributed by atoms with E-state index < -0.39 is 60.2 Å². The number of Topliss-reactive ketones (excluding diaryl/α,β-unsaturated/α-hetero) is 1. The van der Waals surface area contributed by atoms with Gasteiger partial charge in [0.25, 0.3) is 5.56 Å². The van der Waals surface area contributed by atoms with E-state index in [1.165, 1.54) is 17.7 Å². The Hall–Kier alpha value is -3.35. The first-order valence-corrected chi connectivity index (χ1v) is 10.2. The molecular weight excluding hydrogens is 439 g/mol. The third-order valence-corrected chi connectivity index (χ3v) is 6.23. The SMILES string of the molecule is CNC1=CC(=O)c2c(c(Cn3c(=O)c(F)cn([C@H]4C[C@H](O)[C@@H](CO)O4)c3=O)c(C)n2C)C1=O. The van der Waals surface area contributed by atoms with Crippen molar-refractivity contribution < 1.29 is 28.9 Å². The number of aliphatic hydroxyl groups is 2. The van der Waals surface area contributed by atoms with E-state index in [0.29, 0.717) is 16.5 Å². The number of allylic oxidation sites excluding steroid dienone is 2. The first-order valence-electron chi connectivity index (χ1n) is 10.2. The van der Waals surface area contributed by atoms with Crippen LogP contribution in [0.5, 0.6) is 0 Å². The fourth-order valence-corrected chi connectivity index (χ4v) is 4.32. The van der Waals surface area contributed by atoms with E-state index in [2.05, 4.69) is 5.32 Å². The molecule has 2 aromatic rings. The molecule has 3 N–H and O–H groups in total. The van der Waals surface area contributed by atoms with Crippen molar-refractivity contribution in [2.45, 2.75) is 38.3 Å². The van der Waals surface area contributed by atoms with Crippen LogP contribution in [0.3, 0.4) is 0 Å². The predicted octanol–water partition coefficient (Wildman–Crippen LogP) is -1.03. The molecular formula is C21H23FN4O7. The summed E-state index contributed by atoms with van der Waals surface area (Å²) in [6.45, 7) is 0.666. The first kappa shape index (κ1) is 22.8. The highest BCUT2D eigenvalue weighted by atomic mass is 19.1. The number of carbonyl (C=O) groups excluding carboxylic acids is 2. The van der Waals surface area contributed by atoms with E-state index in [1.807, 2.05) is 0 Å². The second kappa shape index (κ2) is 8.21. The van der Waals surface area contributed by atoms with Crippen LogP contribution in [0.15, 0.2) is 27.6 Å². The molecule has 1 fully saturated rings. The first-order chi connectivity index (χ1) is 15.6. The smallest absolute Gasteiger partial charge is 0.333 e. The number of nitrogens with zero attached hydrogens (tertiary/aromatic N) is 3. The van der Waals surface area contributed by atoms with Crippen molar-refractivity contribution in [2.24, 2.45) is 7.05 Å². The molecule has 0 aromatic carbocycles. The number of aromatic nitrogens is 3. The number of aliphatic hydroxyl groups excluding tert-OH is 2. The molecule has 3 heterocycles. The largest absolute Gasteiger partial charge is 0.394 e. The molecule has 1 aliphatic heterocycles. The van der Waals surface area contributed by atoms with Gasteiger partial charge in [0.2, 0.25) is 17.4 Å². The van der Waals surface area contributed by atoms with Crippen LogP contribution in [0.1, 0.15) is 44.8 Å². The third kappa shape index (κ3) is 3.46. The van der Waals surface area contributed by atoms with Gasteiger partial charge in [-0.05, 0) is 6.92 Å². The quantitative estimate of drug-likeness (QED) is 0.512. The van der Waals surface area contributed by atoms with Crippen molar-refractivity contribution in [1.82, 2.24) is 19.0 Å². The topological polar surface area (TPSA) is 145 Å². The van der Waals surface area contributed by atoms with E-state index in [-0.39, 0.29) is 28.9 Å². The molecule has 0 amide bonds. The van der Waals surface area contributed by atoms with Crippen molar-refractivity contribution in [2.75, 3.05) is 13.7 Å². The lowest BCUT2D eigenvalue weighted by molar-refractivity contribution is -0.0466. The summed E-state index contributed by atoms with van der Waals surface area (Å²) >= 11 is 0. The van der Waals surface area contributed by atoms with Gasteiger partial charge in [-0.1, -0.05) is 0 Å². The lowest BCUT2D eigenvalue weighted by Crippen LogP contribution is -2.43. The minimum absolute atomic E-state index is 0.0434. The number of ether oxygens (including phenoxy) is 1. The Labute approximate surface area is 186 Å². The summed E-state index contributed by atoms with van der Waals surface area (Å²) in [6.07, 6.45) is -1.35. The molecule has 0 spiro atoms. The van der Waals surface area contributed by atoms with Gasteiger partial charge >= 0.3 is 5.69 Å². The molecule has 0 bridgehead atoms. The number of fused-ring (bicyclic) bond motifs is 1. The highest BCUT2D eigenvalue weighted by molar-refractivity contribution is 6.24. The molecule has 33 heavy (non-hydrogen) atoms. The van der Waals surface area contributed by atoms with Crippen LogP contribution < -0.4 is 16.6 Å². The zero-order chi connectivity index (χ0) is 24.2. The molecule has 12 heteroatoms. The van der Waals surface area contributed by atoms with Crippen LogP contribution in [-0.2, 0) is 18.3 Å². The molecule has 4 rings (SSSR count). The Morgan fingerprint density at radius 2 is 1.97 bits per heavy atom. The number of hydrogen-bond donors (Lipinski definition) is 3. The number of ketones is 2. The average Bonchev–Trinajstić information content (AvgIpc) is 3.28. The zero-order valence-electron chi connectivity index (χ0n) is 18.2. The van der Waals surface area contributed by atoms with Gasteiger partial charge in [-0.25, -0.2) is 4.79 Å². The molecule has 0 unspecified atom stereocenters. The molecule has 0 radical (unpaired) electrons. The van der Waals surface area contributed by atoms with Gasteiger partial charge in [0, 0.05) is 37.8 Å². The van der Waals surface area contributed by atoms with Gasteiger partial charge in [-0.3, -0.25) is 23.5 Å². The lowest BCUT2D eigenvalue weighted by Gasteiger charge is -2.17. The molecule has 2 aliphatic rings. The molecule has 1 aliphatic carbocycles. The molecule has 2 aromatic heterocycles. The van der Waals surface area contributed by atoms with Gasteiger partial charge in [0.05, 0.1) is 36.7 Å². The van der Waals surface area contributed by atoms with E-state index >= 15 is 0 Å². The van der Waals surface area contributed by atoms with Gasteiger partial charge in [0.15, 0.2) is 0 Å². The number of carbonyl (C=O) groups is 2. The van der Waals surface area contributed by atoms with Crippen LogP contribution in [0.25, 0.3) is 0 Å². The van der Waals surface area contributed by atoms with Crippen molar-refractivity contribution in [3.8, 4) is 0 Å². The van der Waals surface area contributed by atoms with Gasteiger partial charge in [-0.2, -0.15) is 4.39 Å². The van der Waals surface area contributed by atoms with E-state index in [0.717, 1.165) is 4.57 Å². The van der Waals surface area contributed by atoms with Crippen molar-refractivity contribution >= 4 is 11.6 Å². The van der Waals surface area contributed by atoms with Crippen molar-refractivity contribution in [1.29, 1.82) is 0 Å². The molecule has 11 nitrogen and oxygen atoms in total. The van der Waals surface area contributed by atoms with Crippen LogP contribution in [0.4, 0.5) is 4.39 Å². The Bertz CT molecular complexity index is 1320. The molecule has 0 saturated carbocycles. The summed E-state index contributed by atoms with van der Waals surface area (Å²) in [7, 11) is 3.07. The summed E-state index contributed by atoms with van der Waals surface area (Å²) in [5, 5.41) is 21.9. The van der Waals surface area contributed by atoms with Crippen LogP contribution in [0.2, 0.25) is 0 Å². The normalized spacial score (nSPS) is 22.5. The monoisotopic (exact) mass is 462 g/mol. The minimum Gasteiger partial charge on any atom is -0.394 e. The summed E-state index contributed by atoms with van der Waals surface area (Å²) in [5.74, 6) is -2.14.